The Hall–Kier alpha value is -0.570. The van der Waals surface area contributed by atoms with Crippen molar-refractivity contribution in [2.24, 2.45) is 23.5 Å². The van der Waals surface area contributed by atoms with Crippen LogP contribution in [0.5, 0.6) is 0 Å². The number of nitrogens with zero attached hydrogens (tertiary/aromatic N) is 1. The molecule has 3 nitrogen and oxygen atoms in total. The van der Waals surface area contributed by atoms with Gasteiger partial charge in [-0.05, 0) is 31.1 Å². The van der Waals surface area contributed by atoms with E-state index in [2.05, 4.69) is 46.4 Å². The first-order valence-electron chi connectivity index (χ1n) is 7.87. The second-order valence-corrected chi connectivity index (χ2v) is 6.42. The van der Waals surface area contributed by atoms with Crippen molar-refractivity contribution in [1.82, 2.24) is 4.90 Å². The van der Waals surface area contributed by atoms with Gasteiger partial charge in [-0.1, -0.05) is 41.5 Å². The van der Waals surface area contributed by atoms with Crippen LogP contribution in [0, 0.1) is 17.8 Å². The van der Waals surface area contributed by atoms with Crippen molar-refractivity contribution >= 4 is 5.91 Å². The largest absolute Gasteiger partial charge is 0.339 e. The molecule has 0 saturated heterocycles. The summed E-state index contributed by atoms with van der Waals surface area (Å²) < 4.78 is 0. The normalized spacial score (nSPS) is 13.4. The van der Waals surface area contributed by atoms with Crippen LogP contribution in [0.15, 0.2) is 0 Å². The fourth-order valence-electron chi connectivity index (χ4n) is 2.64. The van der Waals surface area contributed by atoms with Crippen molar-refractivity contribution in [3.8, 4) is 0 Å². The summed E-state index contributed by atoms with van der Waals surface area (Å²) in [5.74, 6) is 1.26. The summed E-state index contributed by atoms with van der Waals surface area (Å²) in [6.07, 6.45) is 2.94. The van der Waals surface area contributed by atoms with Crippen LogP contribution in [0.1, 0.15) is 60.8 Å². The van der Waals surface area contributed by atoms with Crippen molar-refractivity contribution in [1.29, 1.82) is 0 Å². The van der Waals surface area contributed by atoms with Gasteiger partial charge in [0.25, 0.3) is 0 Å². The highest BCUT2D eigenvalue weighted by molar-refractivity contribution is 5.79. The van der Waals surface area contributed by atoms with E-state index in [0.717, 1.165) is 25.8 Å². The molecule has 1 amide bonds. The molecule has 0 fully saturated rings. The van der Waals surface area contributed by atoms with Crippen LogP contribution >= 0.6 is 0 Å². The molecule has 19 heavy (non-hydrogen) atoms. The average molecular weight is 270 g/mol. The molecule has 0 heterocycles. The van der Waals surface area contributed by atoms with Gasteiger partial charge in [0.1, 0.15) is 0 Å². The van der Waals surface area contributed by atoms with E-state index in [1.54, 1.807) is 0 Å². The fraction of sp³-hybridized carbons (Fsp3) is 0.938. The number of rotatable bonds is 9. The van der Waals surface area contributed by atoms with E-state index < -0.39 is 0 Å². The van der Waals surface area contributed by atoms with Gasteiger partial charge in [-0.25, -0.2) is 0 Å². The van der Waals surface area contributed by atoms with Crippen LogP contribution in [-0.4, -0.2) is 29.9 Å². The Labute approximate surface area is 119 Å². The van der Waals surface area contributed by atoms with E-state index in [1.807, 2.05) is 0 Å². The van der Waals surface area contributed by atoms with Crippen molar-refractivity contribution in [2.45, 2.75) is 66.8 Å². The van der Waals surface area contributed by atoms with Crippen LogP contribution in [0.4, 0.5) is 0 Å². The van der Waals surface area contributed by atoms with Gasteiger partial charge in [0.15, 0.2) is 0 Å². The number of carbonyl (C=O) groups excluding carboxylic acids is 1. The quantitative estimate of drug-likeness (QED) is 0.699. The Morgan fingerprint density at radius 3 is 1.89 bits per heavy atom. The topological polar surface area (TPSA) is 46.3 Å². The number of carbonyl (C=O) groups is 1. The summed E-state index contributed by atoms with van der Waals surface area (Å²) in [6.45, 7) is 14.3. The highest BCUT2D eigenvalue weighted by Crippen LogP contribution is 2.19. The second kappa shape index (κ2) is 9.35. The minimum atomic E-state index is -0.0145. The summed E-state index contributed by atoms with van der Waals surface area (Å²) in [7, 11) is 0. The van der Waals surface area contributed by atoms with E-state index in [9.17, 15) is 4.79 Å². The lowest BCUT2D eigenvalue weighted by atomic mass is 9.94. The molecule has 0 aliphatic rings. The number of amides is 1. The first-order valence-corrected chi connectivity index (χ1v) is 7.87. The summed E-state index contributed by atoms with van der Waals surface area (Å²) in [5, 5.41) is 0. The molecule has 0 rings (SSSR count). The van der Waals surface area contributed by atoms with Gasteiger partial charge in [-0.2, -0.15) is 0 Å². The zero-order chi connectivity index (χ0) is 15.0. The molecule has 1 unspecified atom stereocenters. The number of nitrogens with two attached hydrogens (primary N) is 1. The van der Waals surface area contributed by atoms with Crippen LogP contribution < -0.4 is 5.73 Å². The van der Waals surface area contributed by atoms with E-state index in [4.69, 9.17) is 5.73 Å². The van der Waals surface area contributed by atoms with Crippen molar-refractivity contribution in [2.75, 3.05) is 13.1 Å². The van der Waals surface area contributed by atoms with Gasteiger partial charge in [-0.3, -0.25) is 4.79 Å². The summed E-state index contributed by atoms with van der Waals surface area (Å²) in [6, 6.07) is 0.358. The highest BCUT2D eigenvalue weighted by atomic mass is 16.2. The van der Waals surface area contributed by atoms with Crippen molar-refractivity contribution < 1.29 is 4.79 Å². The summed E-state index contributed by atoms with van der Waals surface area (Å²) in [4.78, 5) is 14.8. The molecule has 1 atom stereocenters. The predicted molar refractivity (Wildman–Crippen MR) is 82.9 cm³/mol. The van der Waals surface area contributed by atoms with Gasteiger partial charge in [0, 0.05) is 19.1 Å². The molecule has 0 aromatic rings. The maximum absolute atomic E-state index is 12.8. The first kappa shape index (κ1) is 18.4. The molecule has 3 heteroatoms. The molecule has 0 radical (unpaired) electrons. The minimum absolute atomic E-state index is 0.0145. The van der Waals surface area contributed by atoms with Gasteiger partial charge < -0.3 is 10.6 Å². The lowest BCUT2D eigenvalue weighted by Crippen LogP contribution is -2.47. The number of hydrogen-bond acceptors (Lipinski definition) is 2. The monoisotopic (exact) mass is 270 g/mol. The Balaban J connectivity index is 4.94. The first-order chi connectivity index (χ1) is 8.87. The molecular weight excluding hydrogens is 236 g/mol. The summed E-state index contributed by atoms with van der Waals surface area (Å²) in [5.41, 5.74) is 5.83. The predicted octanol–water partition coefficient (Wildman–Crippen LogP) is 3.28. The molecule has 0 saturated carbocycles. The molecule has 2 N–H and O–H groups in total. The van der Waals surface area contributed by atoms with Crippen LogP contribution in [0.2, 0.25) is 0 Å². The Bertz CT molecular complexity index is 247. The molecule has 0 spiro atoms. The van der Waals surface area contributed by atoms with Crippen LogP contribution in [0.3, 0.4) is 0 Å². The minimum Gasteiger partial charge on any atom is -0.339 e. The molecule has 0 aliphatic heterocycles. The molecule has 0 aromatic carbocycles. The zero-order valence-corrected chi connectivity index (χ0v) is 13.8. The van der Waals surface area contributed by atoms with Gasteiger partial charge in [-0.15, -0.1) is 0 Å². The van der Waals surface area contributed by atoms with E-state index in [1.165, 1.54) is 0 Å². The van der Waals surface area contributed by atoms with Crippen molar-refractivity contribution in [3.05, 3.63) is 0 Å². The lowest BCUT2D eigenvalue weighted by Gasteiger charge is -2.35. The van der Waals surface area contributed by atoms with E-state index >= 15 is 0 Å². The third kappa shape index (κ3) is 6.42. The zero-order valence-electron chi connectivity index (χ0n) is 13.8. The van der Waals surface area contributed by atoms with Crippen molar-refractivity contribution in [3.63, 3.8) is 0 Å². The van der Waals surface area contributed by atoms with E-state index in [-0.39, 0.29) is 11.8 Å². The Kier molecular flexibility index (Phi) is 9.07. The smallest absolute Gasteiger partial charge is 0.227 e. The number of hydrogen-bond donors (Lipinski definition) is 1. The molecular formula is C16H34N2O. The maximum atomic E-state index is 12.8. The second-order valence-electron chi connectivity index (χ2n) is 6.42. The molecule has 0 bridgehead atoms. The lowest BCUT2D eigenvalue weighted by molar-refractivity contribution is -0.139. The van der Waals surface area contributed by atoms with Crippen LogP contribution in [-0.2, 0) is 4.79 Å². The fourth-order valence-corrected chi connectivity index (χ4v) is 2.64. The molecule has 0 aliphatic carbocycles. The average Bonchev–Trinajstić information content (AvgIpc) is 2.34. The van der Waals surface area contributed by atoms with Gasteiger partial charge >= 0.3 is 0 Å². The third-order valence-electron chi connectivity index (χ3n) is 3.62. The standard InChI is InChI=1S/C16H34N2O/c1-7-15(8-2)18(11-13(5)6)16(19)14(10-17)9-12(3)4/h12-15H,7-11,17H2,1-6H3. The Morgan fingerprint density at radius 1 is 1.05 bits per heavy atom. The third-order valence-corrected chi connectivity index (χ3v) is 3.62. The summed E-state index contributed by atoms with van der Waals surface area (Å²) >= 11 is 0. The van der Waals surface area contributed by atoms with Gasteiger partial charge in [0.05, 0.1) is 5.92 Å². The van der Waals surface area contributed by atoms with Gasteiger partial charge in [0.2, 0.25) is 5.91 Å². The highest BCUT2D eigenvalue weighted by Gasteiger charge is 2.28. The maximum Gasteiger partial charge on any atom is 0.227 e. The Morgan fingerprint density at radius 2 is 1.58 bits per heavy atom. The SMILES string of the molecule is CCC(CC)N(CC(C)C)C(=O)C(CN)CC(C)C. The van der Waals surface area contributed by atoms with Crippen LogP contribution in [0.25, 0.3) is 0 Å². The van der Waals surface area contributed by atoms with E-state index in [0.29, 0.717) is 24.4 Å². The molecule has 114 valence electrons. The molecule has 0 aromatic heterocycles.